The summed E-state index contributed by atoms with van der Waals surface area (Å²) in [6.07, 6.45) is 11.8. The molecule has 0 saturated carbocycles. The van der Waals surface area contributed by atoms with Crippen LogP contribution in [0.2, 0.25) is 0 Å². The molecule has 0 bridgehead atoms. The van der Waals surface area contributed by atoms with Crippen LogP contribution in [0, 0.1) is 22.7 Å². The lowest BCUT2D eigenvalue weighted by molar-refractivity contribution is 0.185. The molecule has 0 aliphatic rings. The molecule has 1 rings (SSSR count). The number of unbranched alkanes of at least 4 members (excludes halogenated alkanes) is 2. The molecule has 1 N–H and O–H groups in total. The first kappa shape index (κ1) is 24.1. The first-order valence-electron chi connectivity index (χ1n) is 11.3. The summed E-state index contributed by atoms with van der Waals surface area (Å²) in [5.74, 6) is 1.99. The normalized spacial score (nSPS) is 14.9. The molecule has 156 valence electrons. The van der Waals surface area contributed by atoms with Crippen LogP contribution < -0.4 is 0 Å². The fourth-order valence-electron chi connectivity index (χ4n) is 4.31. The molecule has 0 aromatic heterocycles. The van der Waals surface area contributed by atoms with Gasteiger partial charge in [0, 0.05) is 0 Å². The Bertz CT molecular complexity index is 518. The summed E-state index contributed by atoms with van der Waals surface area (Å²) in [4.78, 5) is 0. The highest BCUT2D eigenvalue weighted by Crippen LogP contribution is 2.37. The quantitative estimate of drug-likeness (QED) is 0.385. The van der Waals surface area contributed by atoms with Crippen molar-refractivity contribution in [3.8, 4) is 5.75 Å². The molecule has 1 heteroatoms. The zero-order chi connectivity index (χ0) is 20.5. The molecular weight excluding hydrogens is 328 g/mol. The minimum absolute atomic E-state index is 0.350. The smallest absolute Gasteiger partial charge is 0.115 e. The Morgan fingerprint density at radius 1 is 0.778 bits per heavy atom. The van der Waals surface area contributed by atoms with Gasteiger partial charge in [0.1, 0.15) is 5.75 Å². The van der Waals surface area contributed by atoms with Crippen LogP contribution in [0.3, 0.4) is 0 Å². The predicted octanol–water partition coefficient (Wildman–Crippen LogP) is 8.40. The van der Waals surface area contributed by atoms with Crippen molar-refractivity contribution < 1.29 is 5.11 Å². The molecule has 0 heterocycles. The average Bonchev–Trinajstić information content (AvgIpc) is 2.54. The van der Waals surface area contributed by atoms with Crippen LogP contribution in [0.25, 0.3) is 0 Å². The van der Waals surface area contributed by atoms with Crippen molar-refractivity contribution in [2.45, 2.75) is 106 Å². The van der Waals surface area contributed by atoms with Crippen molar-refractivity contribution in [2.24, 2.45) is 22.7 Å². The molecule has 0 aliphatic carbocycles. The molecule has 1 aromatic carbocycles. The van der Waals surface area contributed by atoms with Crippen molar-refractivity contribution in [2.75, 3.05) is 0 Å². The van der Waals surface area contributed by atoms with E-state index < -0.39 is 0 Å². The fourth-order valence-corrected chi connectivity index (χ4v) is 4.31. The predicted molar refractivity (Wildman–Crippen MR) is 120 cm³/mol. The summed E-state index contributed by atoms with van der Waals surface area (Å²) in [6.45, 7) is 16.7. The second kappa shape index (κ2) is 11.1. The number of phenolic OH excluding ortho intramolecular Hbond substituents is 1. The van der Waals surface area contributed by atoms with Gasteiger partial charge < -0.3 is 5.11 Å². The van der Waals surface area contributed by atoms with E-state index >= 15 is 0 Å². The van der Waals surface area contributed by atoms with E-state index in [2.05, 4.69) is 54.5 Å². The van der Waals surface area contributed by atoms with E-state index in [4.69, 9.17) is 0 Å². The van der Waals surface area contributed by atoms with Gasteiger partial charge in [0.2, 0.25) is 0 Å². The molecule has 1 nitrogen and oxygen atoms in total. The molecule has 0 unspecified atom stereocenters. The van der Waals surface area contributed by atoms with E-state index in [1.54, 1.807) is 6.07 Å². The number of rotatable bonds is 11. The molecule has 1 aromatic rings. The largest absolute Gasteiger partial charge is 0.508 e. The number of aryl methyl sites for hydroxylation is 1. The van der Waals surface area contributed by atoms with Crippen molar-refractivity contribution in [3.63, 3.8) is 0 Å². The van der Waals surface area contributed by atoms with Gasteiger partial charge in [-0.05, 0) is 72.5 Å². The molecule has 0 amide bonds. The highest BCUT2D eigenvalue weighted by atomic mass is 16.3. The molecule has 27 heavy (non-hydrogen) atoms. The van der Waals surface area contributed by atoms with Crippen LogP contribution in [-0.2, 0) is 6.42 Å². The molecule has 0 spiro atoms. The Balaban J connectivity index is 2.50. The minimum Gasteiger partial charge on any atom is -0.508 e. The van der Waals surface area contributed by atoms with Gasteiger partial charge in [-0.2, -0.15) is 0 Å². The van der Waals surface area contributed by atoms with Gasteiger partial charge in [-0.25, -0.2) is 0 Å². The van der Waals surface area contributed by atoms with E-state index in [0.29, 0.717) is 16.6 Å². The Labute approximate surface area is 170 Å². The van der Waals surface area contributed by atoms with Gasteiger partial charge in [-0.3, -0.25) is 0 Å². The summed E-state index contributed by atoms with van der Waals surface area (Å²) in [5.41, 5.74) is 2.05. The van der Waals surface area contributed by atoms with Crippen molar-refractivity contribution in [3.05, 3.63) is 29.8 Å². The summed E-state index contributed by atoms with van der Waals surface area (Å²) >= 11 is 0. The second-order valence-electron chi connectivity index (χ2n) is 10.8. The second-order valence-corrected chi connectivity index (χ2v) is 10.8. The van der Waals surface area contributed by atoms with Crippen LogP contribution in [0.15, 0.2) is 24.3 Å². The molecule has 0 aliphatic heterocycles. The van der Waals surface area contributed by atoms with Crippen LogP contribution in [-0.4, -0.2) is 5.11 Å². The summed E-state index contributed by atoms with van der Waals surface area (Å²) in [7, 11) is 0. The Hall–Kier alpha value is -0.980. The van der Waals surface area contributed by atoms with E-state index in [9.17, 15) is 5.11 Å². The molecule has 0 fully saturated rings. The highest BCUT2D eigenvalue weighted by molar-refractivity contribution is 5.27. The topological polar surface area (TPSA) is 20.2 Å². The van der Waals surface area contributed by atoms with Gasteiger partial charge in [-0.15, -0.1) is 0 Å². The maximum absolute atomic E-state index is 9.69. The van der Waals surface area contributed by atoms with Gasteiger partial charge in [-0.1, -0.05) is 86.3 Å². The van der Waals surface area contributed by atoms with Crippen LogP contribution in [0.1, 0.15) is 105 Å². The number of hydrogen-bond donors (Lipinski definition) is 1. The van der Waals surface area contributed by atoms with Crippen LogP contribution in [0.5, 0.6) is 5.75 Å². The number of hydrogen-bond acceptors (Lipinski definition) is 1. The lowest BCUT2D eigenvalue weighted by Crippen LogP contribution is -2.22. The van der Waals surface area contributed by atoms with E-state index in [1.807, 2.05) is 12.1 Å². The van der Waals surface area contributed by atoms with Gasteiger partial charge >= 0.3 is 0 Å². The SMILES string of the molecule is CCCC[C@H](CCCC[C@@H](CCc1cccc(O)c1)C(C)(C)C)C(C)(C)C. The lowest BCUT2D eigenvalue weighted by Gasteiger charge is -2.33. The van der Waals surface area contributed by atoms with E-state index in [-0.39, 0.29) is 0 Å². The third kappa shape index (κ3) is 9.67. The average molecular weight is 375 g/mol. The van der Waals surface area contributed by atoms with Crippen molar-refractivity contribution >= 4 is 0 Å². The summed E-state index contributed by atoms with van der Waals surface area (Å²) in [6, 6.07) is 7.77. The van der Waals surface area contributed by atoms with Gasteiger partial charge in [0.05, 0.1) is 0 Å². The molecule has 0 saturated heterocycles. The summed E-state index contributed by atoms with van der Waals surface area (Å²) < 4.78 is 0. The monoisotopic (exact) mass is 374 g/mol. The molecule has 0 radical (unpaired) electrons. The van der Waals surface area contributed by atoms with E-state index in [1.165, 1.54) is 56.9 Å². The van der Waals surface area contributed by atoms with Gasteiger partial charge in [0.15, 0.2) is 0 Å². The Kier molecular flexibility index (Phi) is 9.91. The lowest BCUT2D eigenvalue weighted by atomic mass is 9.73. The first-order chi connectivity index (χ1) is 12.5. The third-order valence-electron chi connectivity index (χ3n) is 6.40. The third-order valence-corrected chi connectivity index (χ3v) is 6.40. The minimum atomic E-state index is 0.350. The standard InChI is InChI=1S/C26H46O/c1-8-9-14-22(25(2,3)4)15-10-11-16-23(26(5,6)7)19-18-21-13-12-17-24(27)20-21/h12-13,17,20,22-23,27H,8-11,14-16,18-19H2,1-7H3/t22-,23+/m1/s1. The van der Waals surface area contributed by atoms with Crippen LogP contribution >= 0.6 is 0 Å². The van der Waals surface area contributed by atoms with Crippen LogP contribution in [0.4, 0.5) is 0 Å². The Morgan fingerprint density at radius 3 is 1.78 bits per heavy atom. The zero-order valence-corrected chi connectivity index (χ0v) is 19.3. The highest BCUT2D eigenvalue weighted by Gasteiger charge is 2.26. The van der Waals surface area contributed by atoms with Gasteiger partial charge in [0.25, 0.3) is 0 Å². The Morgan fingerprint density at radius 2 is 1.30 bits per heavy atom. The van der Waals surface area contributed by atoms with E-state index in [0.717, 1.165) is 18.3 Å². The maximum Gasteiger partial charge on any atom is 0.115 e. The first-order valence-corrected chi connectivity index (χ1v) is 11.3. The summed E-state index contributed by atoms with van der Waals surface area (Å²) in [5, 5.41) is 9.69. The van der Waals surface area contributed by atoms with Crippen molar-refractivity contribution in [1.82, 2.24) is 0 Å². The molecule has 2 atom stereocenters. The maximum atomic E-state index is 9.69. The number of benzene rings is 1. The van der Waals surface area contributed by atoms with Crippen molar-refractivity contribution in [1.29, 1.82) is 0 Å². The number of phenols is 1. The number of aromatic hydroxyl groups is 1. The molecular formula is C26H46O. The zero-order valence-electron chi connectivity index (χ0n) is 19.3. The fraction of sp³-hybridized carbons (Fsp3) is 0.769.